The van der Waals surface area contributed by atoms with Crippen LogP contribution in [0.25, 0.3) is 11.3 Å². The van der Waals surface area contributed by atoms with Crippen LogP contribution in [0.2, 0.25) is 0 Å². The lowest BCUT2D eigenvalue weighted by molar-refractivity contribution is 0.0600. The highest BCUT2D eigenvalue weighted by Gasteiger charge is 2.25. The Balaban J connectivity index is 1.36. The van der Waals surface area contributed by atoms with Gasteiger partial charge in [0.05, 0.1) is 37.3 Å². The molecule has 1 amide bonds. The van der Waals surface area contributed by atoms with Gasteiger partial charge in [0.25, 0.3) is 5.91 Å². The zero-order valence-corrected chi connectivity index (χ0v) is 20.0. The highest BCUT2D eigenvalue weighted by molar-refractivity contribution is 7.16. The highest BCUT2D eigenvalue weighted by atomic mass is 32.1. The molecule has 35 heavy (non-hydrogen) atoms. The summed E-state index contributed by atoms with van der Waals surface area (Å²) < 4.78 is 16.0. The number of hydrogen-bond donors (Lipinski definition) is 1. The first-order valence-electron chi connectivity index (χ1n) is 11.4. The minimum Gasteiger partial charge on any atom is -0.467 e. The molecule has 3 heterocycles. The molecule has 0 spiro atoms. The molecule has 178 valence electrons. The molecule has 7 nitrogen and oxygen atoms in total. The molecule has 0 saturated carbocycles. The number of aryl methyl sites for hydroxylation is 1. The van der Waals surface area contributed by atoms with E-state index in [1.807, 2.05) is 18.2 Å². The van der Waals surface area contributed by atoms with Gasteiger partial charge in [0.2, 0.25) is 0 Å². The van der Waals surface area contributed by atoms with E-state index in [0.29, 0.717) is 40.0 Å². The second kappa shape index (κ2) is 10.1. The van der Waals surface area contributed by atoms with E-state index in [-0.39, 0.29) is 11.9 Å². The second-order valence-corrected chi connectivity index (χ2v) is 9.27. The first kappa shape index (κ1) is 22.9. The maximum Gasteiger partial charge on any atom is 0.337 e. The van der Waals surface area contributed by atoms with Crippen molar-refractivity contribution < 1.29 is 23.2 Å². The van der Waals surface area contributed by atoms with Crippen LogP contribution in [0, 0.1) is 0 Å². The van der Waals surface area contributed by atoms with E-state index in [0.717, 1.165) is 36.8 Å². The Morgan fingerprint density at radius 1 is 1.11 bits per heavy atom. The number of benzene rings is 1. The third-order valence-corrected chi connectivity index (χ3v) is 7.11. The van der Waals surface area contributed by atoms with Gasteiger partial charge in [-0.15, -0.1) is 11.3 Å². The van der Waals surface area contributed by atoms with E-state index in [1.165, 1.54) is 12.0 Å². The molecule has 3 aromatic heterocycles. The summed E-state index contributed by atoms with van der Waals surface area (Å²) in [5.41, 5.74) is 3.07. The fraction of sp³-hybridized carbons (Fsp3) is 0.222. The van der Waals surface area contributed by atoms with Gasteiger partial charge in [-0.2, -0.15) is 0 Å². The van der Waals surface area contributed by atoms with Crippen molar-refractivity contribution in [3.8, 4) is 11.3 Å². The molecule has 0 aliphatic heterocycles. The first-order chi connectivity index (χ1) is 17.1. The molecule has 0 unspecified atom stereocenters. The molecule has 1 aliphatic carbocycles. The normalized spacial score (nSPS) is 13.1. The number of carbonyl (C=O) groups is 2. The van der Waals surface area contributed by atoms with Crippen LogP contribution in [0.15, 0.2) is 68.6 Å². The molecule has 0 atom stereocenters. The Kier molecular flexibility index (Phi) is 6.63. The molecule has 4 aromatic rings. The van der Waals surface area contributed by atoms with Gasteiger partial charge in [0, 0.05) is 10.4 Å². The predicted octanol–water partition coefficient (Wildman–Crippen LogP) is 5.95. The summed E-state index contributed by atoms with van der Waals surface area (Å²) >= 11 is 1.57. The van der Waals surface area contributed by atoms with Gasteiger partial charge >= 0.3 is 5.97 Å². The second-order valence-electron chi connectivity index (χ2n) is 8.18. The van der Waals surface area contributed by atoms with Crippen molar-refractivity contribution in [3.63, 3.8) is 0 Å². The number of rotatable bonds is 7. The molecule has 0 fully saturated rings. The largest absolute Gasteiger partial charge is 0.467 e. The minimum atomic E-state index is -0.383. The number of aliphatic imine (C=N–C) groups is 1. The first-order valence-corrected chi connectivity index (χ1v) is 12.2. The Morgan fingerprint density at radius 2 is 1.94 bits per heavy atom. The van der Waals surface area contributed by atoms with Crippen molar-refractivity contribution >= 4 is 34.4 Å². The lowest BCUT2D eigenvalue weighted by atomic mass is 9.95. The number of nitrogens with one attached hydrogen (secondary N) is 1. The van der Waals surface area contributed by atoms with Gasteiger partial charge in [0.1, 0.15) is 22.3 Å². The van der Waals surface area contributed by atoms with Crippen LogP contribution in [-0.2, 0) is 24.1 Å². The lowest BCUT2D eigenvalue weighted by Gasteiger charge is -2.12. The van der Waals surface area contributed by atoms with Crippen molar-refractivity contribution in [3.05, 3.63) is 87.9 Å². The number of methoxy groups -OCH3 is 1. The third-order valence-electron chi connectivity index (χ3n) is 5.91. The SMILES string of the molecule is COC(=O)c1ccc(-c2ccc(/C=N\c3sc4c(c3C(=O)NCc3ccco3)CCCC4)o2)cc1. The van der Waals surface area contributed by atoms with Crippen LogP contribution in [0.4, 0.5) is 5.00 Å². The van der Waals surface area contributed by atoms with Gasteiger partial charge in [-0.25, -0.2) is 9.79 Å². The van der Waals surface area contributed by atoms with E-state index in [2.05, 4.69) is 10.3 Å². The summed E-state index contributed by atoms with van der Waals surface area (Å²) in [6, 6.07) is 14.3. The maximum atomic E-state index is 13.1. The van der Waals surface area contributed by atoms with Crippen LogP contribution < -0.4 is 5.32 Å². The average molecular weight is 489 g/mol. The van der Waals surface area contributed by atoms with Crippen LogP contribution in [0.3, 0.4) is 0 Å². The molecular formula is C27H24N2O5S. The van der Waals surface area contributed by atoms with Crippen molar-refractivity contribution in [2.45, 2.75) is 32.2 Å². The number of carbonyl (C=O) groups excluding carboxylic acids is 2. The molecule has 1 aliphatic rings. The fourth-order valence-electron chi connectivity index (χ4n) is 4.13. The van der Waals surface area contributed by atoms with Crippen LogP contribution in [-0.4, -0.2) is 25.2 Å². The summed E-state index contributed by atoms with van der Waals surface area (Å²) in [7, 11) is 1.35. The quantitative estimate of drug-likeness (QED) is 0.256. The monoisotopic (exact) mass is 488 g/mol. The number of fused-ring (bicyclic) bond motifs is 1. The predicted molar refractivity (Wildman–Crippen MR) is 134 cm³/mol. The van der Waals surface area contributed by atoms with E-state index in [4.69, 9.17) is 13.6 Å². The van der Waals surface area contributed by atoms with Crippen LogP contribution in [0.1, 0.15) is 55.5 Å². The van der Waals surface area contributed by atoms with E-state index in [9.17, 15) is 9.59 Å². The fourth-order valence-corrected chi connectivity index (χ4v) is 5.36. The number of esters is 1. The van der Waals surface area contributed by atoms with Crippen molar-refractivity contribution in [2.24, 2.45) is 4.99 Å². The molecular weight excluding hydrogens is 464 g/mol. The Bertz CT molecular complexity index is 1360. The molecule has 5 rings (SSSR count). The van der Waals surface area contributed by atoms with Crippen LogP contribution >= 0.6 is 11.3 Å². The summed E-state index contributed by atoms with van der Waals surface area (Å²) in [5.74, 6) is 1.41. The van der Waals surface area contributed by atoms with Crippen molar-refractivity contribution in [1.29, 1.82) is 0 Å². The highest BCUT2D eigenvalue weighted by Crippen LogP contribution is 2.40. The van der Waals surface area contributed by atoms with E-state index < -0.39 is 0 Å². The number of thiophene rings is 1. The number of nitrogens with zero attached hydrogens (tertiary/aromatic N) is 1. The summed E-state index contributed by atoms with van der Waals surface area (Å²) in [6.07, 6.45) is 7.29. The Morgan fingerprint density at radius 3 is 2.71 bits per heavy atom. The van der Waals surface area contributed by atoms with Crippen molar-refractivity contribution in [1.82, 2.24) is 5.32 Å². The molecule has 1 aromatic carbocycles. The molecule has 8 heteroatoms. The molecule has 1 N–H and O–H groups in total. The summed E-state index contributed by atoms with van der Waals surface area (Å²) in [5, 5.41) is 3.65. The standard InChI is InChI=1S/C27H24N2O5S/c1-32-27(31)18-10-8-17(9-11-18)22-13-12-20(34-22)16-29-26-24(21-6-2-3-7-23(21)35-26)25(30)28-15-19-5-4-14-33-19/h4-5,8-14,16H,2-3,6-7,15H2,1H3,(H,28,30)/b29-16-. The Hall–Kier alpha value is -3.91. The zero-order chi connectivity index (χ0) is 24.2. The Labute approximate surface area is 206 Å². The van der Waals surface area contributed by atoms with E-state index in [1.54, 1.807) is 54.1 Å². The third kappa shape index (κ3) is 4.97. The van der Waals surface area contributed by atoms with Gasteiger partial charge in [-0.1, -0.05) is 12.1 Å². The van der Waals surface area contributed by atoms with Gasteiger partial charge in [-0.05, 0) is 67.6 Å². The molecule has 0 bridgehead atoms. The molecule has 0 saturated heterocycles. The number of furan rings is 2. The number of hydrogen-bond acceptors (Lipinski definition) is 7. The number of ether oxygens (including phenoxy) is 1. The van der Waals surface area contributed by atoms with Crippen molar-refractivity contribution in [2.75, 3.05) is 7.11 Å². The number of amides is 1. The van der Waals surface area contributed by atoms with Gasteiger partial charge in [-0.3, -0.25) is 4.79 Å². The van der Waals surface area contributed by atoms with E-state index >= 15 is 0 Å². The minimum absolute atomic E-state index is 0.140. The summed E-state index contributed by atoms with van der Waals surface area (Å²) in [4.78, 5) is 30.6. The maximum absolute atomic E-state index is 13.1. The van der Waals surface area contributed by atoms with Gasteiger partial charge in [0.15, 0.2) is 0 Å². The van der Waals surface area contributed by atoms with Gasteiger partial charge < -0.3 is 18.9 Å². The topological polar surface area (TPSA) is 94.0 Å². The zero-order valence-electron chi connectivity index (χ0n) is 19.2. The molecule has 0 radical (unpaired) electrons. The van der Waals surface area contributed by atoms with Crippen LogP contribution in [0.5, 0.6) is 0 Å². The smallest absolute Gasteiger partial charge is 0.337 e. The summed E-state index contributed by atoms with van der Waals surface area (Å²) in [6.45, 7) is 0.329. The average Bonchev–Trinajstić information content (AvgIpc) is 3.65. The lowest BCUT2D eigenvalue weighted by Crippen LogP contribution is -2.23.